The van der Waals surface area contributed by atoms with Gasteiger partial charge in [0.25, 0.3) is 5.56 Å². The van der Waals surface area contributed by atoms with Crippen molar-refractivity contribution in [1.82, 2.24) is 9.55 Å². The van der Waals surface area contributed by atoms with E-state index in [4.69, 9.17) is 16.2 Å². The van der Waals surface area contributed by atoms with Gasteiger partial charge in [0.05, 0.1) is 18.3 Å². The third kappa shape index (κ3) is 3.08. The highest BCUT2D eigenvalue weighted by Crippen LogP contribution is 2.41. The summed E-state index contributed by atoms with van der Waals surface area (Å²) in [5.74, 6) is -1.88. The van der Waals surface area contributed by atoms with Gasteiger partial charge in [-0.05, 0) is 25.8 Å². The molecule has 0 amide bonds. The molecule has 3 heterocycles. The summed E-state index contributed by atoms with van der Waals surface area (Å²) in [6.45, 7) is 3.92. The van der Waals surface area contributed by atoms with Gasteiger partial charge in [0.2, 0.25) is 5.95 Å². The summed E-state index contributed by atoms with van der Waals surface area (Å²) in [6.07, 6.45) is 1.66. The third-order valence-electron chi connectivity index (χ3n) is 6.40. The topological polar surface area (TPSA) is 99.4 Å². The second-order valence-corrected chi connectivity index (χ2v) is 8.03. The van der Waals surface area contributed by atoms with Gasteiger partial charge in [0.1, 0.15) is 5.82 Å². The molecule has 156 valence electrons. The van der Waals surface area contributed by atoms with Crippen molar-refractivity contribution in [2.24, 2.45) is 18.2 Å². The number of anilines is 2. The van der Waals surface area contributed by atoms with Crippen LogP contribution in [-0.4, -0.2) is 41.4 Å². The summed E-state index contributed by atoms with van der Waals surface area (Å²) in [5.41, 5.74) is 11.5. The quantitative estimate of drug-likeness (QED) is 0.788. The minimum Gasteiger partial charge on any atom is -0.383 e. The normalized spacial score (nSPS) is 23.7. The van der Waals surface area contributed by atoms with Crippen LogP contribution in [0.2, 0.25) is 0 Å². The number of ether oxygens (including phenoxy) is 1. The lowest BCUT2D eigenvalue weighted by Gasteiger charge is -2.41. The predicted octanol–water partition coefficient (Wildman–Crippen LogP) is 1.64. The highest BCUT2D eigenvalue weighted by Gasteiger charge is 2.47. The molecule has 2 fully saturated rings. The van der Waals surface area contributed by atoms with Crippen molar-refractivity contribution in [3.63, 3.8) is 0 Å². The van der Waals surface area contributed by atoms with Crippen LogP contribution in [0.15, 0.2) is 23.0 Å². The zero-order valence-electron chi connectivity index (χ0n) is 16.5. The van der Waals surface area contributed by atoms with Crippen molar-refractivity contribution in [2.45, 2.75) is 31.9 Å². The molecule has 2 aromatic rings. The average Bonchev–Trinajstić information content (AvgIpc) is 2.97. The minimum atomic E-state index is -1.12. The lowest BCUT2D eigenvalue weighted by Crippen LogP contribution is -2.51. The Hall–Kier alpha value is -2.52. The third-order valence-corrected chi connectivity index (χ3v) is 6.40. The van der Waals surface area contributed by atoms with E-state index in [0.717, 1.165) is 18.9 Å². The van der Waals surface area contributed by atoms with Crippen LogP contribution in [-0.2, 0) is 11.8 Å². The summed E-state index contributed by atoms with van der Waals surface area (Å²) < 4.78 is 34.9. The maximum Gasteiger partial charge on any atom is 0.264 e. The summed E-state index contributed by atoms with van der Waals surface area (Å²) >= 11 is 0. The Morgan fingerprint density at radius 2 is 1.97 bits per heavy atom. The van der Waals surface area contributed by atoms with Gasteiger partial charge >= 0.3 is 0 Å². The van der Waals surface area contributed by atoms with E-state index in [2.05, 4.69) is 4.98 Å². The van der Waals surface area contributed by atoms with Gasteiger partial charge in [-0.15, -0.1) is 0 Å². The Bertz CT molecular complexity index is 1000. The molecule has 2 aliphatic rings. The lowest BCUT2D eigenvalue weighted by atomic mass is 9.73. The number of aromatic nitrogens is 2. The first-order chi connectivity index (χ1) is 13.7. The Morgan fingerprint density at radius 1 is 1.28 bits per heavy atom. The first kappa shape index (κ1) is 19.8. The summed E-state index contributed by atoms with van der Waals surface area (Å²) in [7, 11) is 1.56. The Labute approximate surface area is 167 Å². The predicted molar refractivity (Wildman–Crippen MR) is 107 cm³/mol. The molecule has 4 N–H and O–H groups in total. The van der Waals surface area contributed by atoms with Gasteiger partial charge in [-0.3, -0.25) is 9.36 Å². The highest BCUT2D eigenvalue weighted by atomic mass is 19.2. The molecule has 29 heavy (non-hydrogen) atoms. The van der Waals surface area contributed by atoms with Crippen LogP contribution in [0, 0.1) is 17.0 Å². The summed E-state index contributed by atoms with van der Waals surface area (Å²) in [4.78, 5) is 19.3. The van der Waals surface area contributed by atoms with E-state index in [0.29, 0.717) is 25.6 Å². The largest absolute Gasteiger partial charge is 0.383 e. The first-order valence-corrected chi connectivity index (χ1v) is 9.68. The molecule has 0 radical (unpaired) electrons. The number of nitrogens with zero attached hydrogens (tertiary/aromatic N) is 3. The van der Waals surface area contributed by atoms with Crippen LogP contribution in [0.3, 0.4) is 0 Å². The molecule has 0 aliphatic carbocycles. The Balaban J connectivity index is 1.66. The van der Waals surface area contributed by atoms with Gasteiger partial charge in [0.15, 0.2) is 11.6 Å². The van der Waals surface area contributed by atoms with Crippen LogP contribution in [0.4, 0.5) is 20.5 Å². The second-order valence-electron chi connectivity index (χ2n) is 8.03. The average molecular weight is 405 g/mol. The van der Waals surface area contributed by atoms with Crippen LogP contribution in [0.1, 0.15) is 19.8 Å². The van der Waals surface area contributed by atoms with Crippen LogP contribution in [0.5, 0.6) is 0 Å². The van der Waals surface area contributed by atoms with Gasteiger partial charge in [0, 0.05) is 37.2 Å². The van der Waals surface area contributed by atoms with Crippen LogP contribution < -0.4 is 21.9 Å². The van der Waals surface area contributed by atoms with Gasteiger partial charge in [-0.25, -0.2) is 8.78 Å². The number of halogens is 2. The number of piperidine rings is 1. The van der Waals surface area contributed by atoms with Crippen molar-refractivity contribution in [3.05, 3.63) is 40.2 Å². The number of hydrogen-bond donors (Lipinski definition) is 2. The molecule has 4 rings (SSSR count). The molecule has 1 aromatic carbocycles. The van der Waals surface area contributed by atoms with E-state index < -0.39 is 17.2 Å². The molecule has 2 aliphatic heterocycles. The molecular weight excluding hydrogens is 380 g/mol. The zero-order valence-corrected chi connectivity index (χ0v) is 16.5. The van der Waals surface area contributed by atoms with Gasteiger partial charge in [-0.2, -0.15) is 4.98 Å². The Kier molecular flexibility index (Phi) is 4.82. The van der Waals surface area contributed by atoms with Gasteiger partial charge in [-0.1, -0.05) is 12.1 Å². The summed E-state index contributed by atoms with van der Waals surface area (Å²) in [6, 6.07) is 3.62. The molecule has 9 heteroatoms. The number of rotatable bonds is 2. The fraction of sp³-hybridized carbons (Fsp3) is 0.500. The number of nitrogen functional groups attached to an aromatic ring is 1. The fourth-order valence-electron chi connectivity index (χ4n) is 4.46. The van der Waals surface area contributed by atoms with Crippen molar-refractivity contribution < 1.29 is 13.5 Å². The summed E-state index contributed by atoms with van der Waals surface area (Å²) in [5, 5.41) is 0. The van der Waals surface area contributed by atoms with Gasteiger partial charge < -0.3 is 21.1 Å². The van der Waals surface area contributed by atoms with Crippen molar-refractivity contribution in [3.8, 4) is 11.1 Å². The maximum atomic E-state index is 14.2. The first-order valence-electron chi connectivity index (χ1n) is 9.68. The van der Waals surface area contributed by atoms with Crippen molar-refractivity contribution in [1.29, 1.82) is 0 Å². The number of benzene rings is 1. The molecule has 1 aromatic heterocycles. The van der Waals surface area contributed by atoms with Crippen LogP contribution >= 0.6 is 0 Å². The van der Waals surface area contributed by atoms with E-state index in [9.17, 15) is 13.6 Å². The monoisotopic (exact) mass is 405 g/mol. The van der Waals surface area contributed by atoms with Crippen molar-refractivity contribution >= 4 is 11.8 Å². The molecule has 0 bridgehead atoms. The van der Waals surface area contributed by atoms with E-state index in [1.165, 1.54) is 16.7 Å². The minimum absolute atomic E-state index is 0.0233. The van der Waals surface area contributed by atoms with E-state index >= 15 is 0 Å². The molecule has 0 saturated carbocycles. The van der Waals surface area contributed by atoms with Crippen molar-refractivity contribution in [2.75, 3.05) is 30.3 Å². The molecular formula is C20H25F2N5O2. The van der Waals surface area contributed by atoms with E-state index in [1.807, 2.05) is 11.8 Å². The maximum absolute atomic E-state index is 14.2. The lowest BCUT2D eigenvalue weighted by molar-refractivity contribution is 0.0973. The fourth-order valence-corrected chi connectivity index (χ4v) is 4.46. The molecule has 2 atom stereocenters. The zero-order chi connectivity index (χ0) is 20.9. The Morgan fingerprint density at radius 3 is 2.59 bits per heavy atom. The second kappa shape index (κ2) is 7.07. The molecule has 1 spiro atoms. The van der Waals surface area contributed by atoms with E-state index in [-0.39, 0.29) is 34.5 Å². The smallest absolute Gasteiger partial charge is 0.264 e. The molecule has 2 saturated heterocycles. The highest BCUT2D eigenvalue weighted by molar-refractivity contribution is 5.74. The molecule has 7 nitrogen and oxygen atoms in total. The van der Waals surface area contributed by atoms with Crippen LogP contribution in [0.25, 0.3) is 11.1 Å². The number of hydrogen-bond acceptors (Lipinski definition) is 6. The standard InChI is InChI=1S/C20H25F2N5O2/c1-11-16(23)20(10-29-11)6-8-27(9-7-20)19-25-17(24)14(18(28)26(19)2)12-4-3-5-13(21)15(12)22/h3-5,11,16H,6-10,23-24H2,1-2H3/t11-,16+/m0/s1. The SMILES string of the molecule is C[C@@H]1OCC2(CCN(c3nc(N)c(-c4cccc(F)c4F)c(=O)n3C)CC2)[C@@H]1N. The van der Waals surface area contributed by atoms with E-state index in [1.54, 1.807) is 7.05 Å². The number of nitrogens with two attached hydrogens (primary N) is 2. The molecule has 0 unspecified atom stereocenters.